The molecule has 0 spiro atoms. The van der Waals surface area contributed by atoms with Crippen LogP contribution in [0.5, 0.6) is 0 Å². The van der Waals surface area contributed by atoms with Gasteiger partial charge >= 0.3 is 5.69 Å². The molecule has 1 heterocycles. The molecule has 9 nitrogen and oxygen atoms in total. The Labute approximate surface area is 202 Å². The fraction of sp³-hybridized carbons (Fsp3) is 0.455. The van der Waals surface area contributed by atoms with Crippen LogP contribution in [-0.4, -0.2) is 63.8 Å². The number of aromatic amines is 1. The number of hydrogen-bond donors (Lipinski definition) is 2. The van der Waals surface area contributed by atoms with Crippen LogP contribution in [0.3, 0.4) is 0 Å². The number of amides is 1. The fourth-order valence-electron chi connectivity index (χ4n) is 3.26. The highest BCUT2D eigenvalue weighted by atomic mass is 32.2. The van der Waals surface area contributed by atoms with E-state index in [4.69, 9.17) is 22.7 Å². The third-order valence-corrected chi connectivity index (χ3v) is 6.55. The third kappa shape index (κ3) is 7.18. The summed E-state index contributed by atoms with van der Waals surface area (Å²) in [5.74, 6) is -0.346. The maximum absolute atomic E-state index is 13.2. The minimum atomic E-state index is -0.705. The molecule has 1 aromatic carbocycles. The number of nitrogens with zero attached hydrogens (tertiary/aromatic N) is 3. The normalized spacial score (nSPS) is 10.8. The maximum Gasteiger partial charge on any atom is 0.330 e. The number of nitrogens with one attached hydrogen (secondary N) is 1. The predicted octanol–water partition coefficient (Wildman–Crippen LogP) is 1.90. The maximum atomic E-state index is 13.2. The first-order valence-corrected chi connectivity index (χ1v) is 12.1. The SMILES string of the molecule is CCN(CC)C(=S)SCC(=O)N(CCCOC)c1c(N)n(Cc2ccccc2)c(=O)[nH]c1=O. The number of nitrogens with two attached hydrogens (primary N) is 1. The van der Waals surface area contributed by atoms with Crippen LogP contribution < -0.4 is 21.9 Å². The Hall–Kier alpha value is -2.63. The molecular formula is C22H31N5O4S2. The van der Waals surface area contributed by atoms with Gasteiger partial charge in [-0.05, 0) is 25.8 Å². The van der Waals surface area contributed by atoms with Crippen molar-refractivity contribution in [2.75, 3.05) is 49.7 Å². The number of hydrogen-bond acceptors (Lipinski definition) is 7. The molecule has 0 atom stereocenters. The Morgan fingerprint density at radius 1 is 1.21 bits per heavy atom. The Morgan fingerprint density at radius 3 is 2.48 bits per heavy atom. The van der Waals surface area contributed by atoms with Crippen molar-refractivity contribution in [2.45, 2.75) is 26.8 Å². The van der Waals surface area contributed by atoms with Crippen LogP contribution >= 0.6 is 24.0 Å². The van der Waals surface area contributed by atoms with Gasteiger partial charge in [0, 0.05) is 33.4 Å². The highest BCUT2D eigenvalue weighted by molar-refractivity contribution is 8.23. The number of rotatable bonds is 11. The van der Waals surface area contributed by atoms with Gasteiger partial charge in [-0.2, -0.15) is 0 Å². The first-order valence-electron chi connectivity index (χ1n) is 10.7. The van der Waals surface area contributed by atoms with Crippen LogP contribution in [0.1, 0.15) is 25.8 Å². The van der Waals surface area contributed by atoms with E-state index >= 15 is 0 Å². The van der Waals surface area contributed by atoms with E-state index < -0.39 is 11.2 Å². The lowest BCUT2D eigenvalue weighted by Crippen LogP contribution is -2.43. The van der Waals surface area contributed by atoms with Gasteiger partial charge in [-0.3, -0.25) is 19.1 Å². The molecule has 33 heavy (non-hydrogen) atoms. The van der Waals surface area contributed by atoms with E-state index in [0.29, 0.717) is 17.3 Å². The minimum Gasteiger partial charge on any atom is -0.385 e. The molecule has 0 aliphatic carbocycles. The lowest BCUT2D eigenvalue weighted by Gasteiger charge is -2.25. The molecule has 0 fully saturated rings. The van der Waals surface area contributed by atoms with Crippen LogP contribution in [0.4, 0.5) is 11.5 Å². The summed E-state index contributed by atoms with van der Waals surface area (Å²) in [5, 5.41) is 0. The molecule has 0 saturated carbocycles. The summed E-state index contributed by atoms with van der Waals surface area (Å²) in [7, 11) is 1.56. The lowest BCUT2D eigenvalue weighted by atomic mass is 10.2. The van der Waals surface area contributed by atoms with E-state index in [1.807, 2.05) is 49.1 Å². The van der Waals surface area contributed by atoms with Gasteiger partial charge in [0.15, 0.2) is 5.69 Å². The van der Waals surface area contributed by atoms with Crippen LogP contribution in [0, 0.1) is 0 Å². The summed E-state index contributed by atoms with van der Waals surface area (Å²) in [4.78, 5) is 44.1. The number of anilines is 2. The molecule has 0 aliphatic heterocycles. The molecule has 0 aliphatic rings. The van der Waals surface area contributed by atoms with Gasteiger partial charge < -0.3 is 20.3 Å². The van der Waals surface area contributed by atoms with Crippen LogP contribution in [0.25, 0.3) is 0 Å². The zero-order valence-electron chi connectivity index (χ0n) is 19.2. The van der Waals surface area contributed by atoms with Gasteiger partial charge in [0.25, 0.3) is 5.56 Å². The molecule has 0 saturated heterocycles. The standard InChI is InChI=1S/C22H31N5O4S2/c1-4-25(5-2)22(32)33-15-17(28)26(12-9-13-31-3)18-19(23)27(21(30)24-20(18)29)14-16-10-7-6-8-11-16/h6-8,10-11H,4-5,9,12-15,23H2,1-3H3,(H,24,29,30). The molecule has 1 amide bonds. The van der Waals surface area contributed by atoms with Crippen LogP contribution in [0.2, 0.25) is 0 Å². The molecule has 0 radical (unpaired) electrons. The molecule has 11 heteroatoms. The number of nitrogen functional groups attached to an aromatic ring is 1. The molecule has 0 unspecified atom stereocenters. The highest BCUT2D eigenvalue weighted by Gasteiger charge is 2.25. The first-order chi connectivity index (χ1) is 15.8. The second-order valence-electron chi connectivity index (χ2n) is 7.18. The summed E-state index contributed by atoms with van der Waals surface area (Å²) in [6.07, 6.45) is 0.490. The van der Waals surface area contributed by atoms with Crippen molar-refractivity contribution in [2.24, 2.45) is 0 Å². The number of methoxy groups -OCH3 is 1. The van der Waals surface area contributed by atoms with Gasteiger partial charge in [0.05, 0.1) is 12.3 Å². The number of H-pyrrole nitrogens is 1. The summed E-state index contributed by atoms with van der Waals surface area (Å²) >= 11 is 6.66. The van der Waals surface area contributed by atoms with E-state index in [9.17, 15) is 14.4 Å². The number of benzene rings is 1. The van der Waals surface area contributed by atoms with E-state index in [2.05, 4.69) is 4.98 Å². The number of ether oxygens (including phenoxy) is 1. The Kier molecular flexibility index (Phi) is 10.6. The fourth-order valence-corrected chi connectivity index (χ4v) is 4.54. The van der Waals surface area contributed by atoms with Gasteiger partial charge in [-0.1, -0.05) is 54.3 Å². The van der Waals surface area contributed by atoms with E-state index in [1.165, 1.54) is 21.2 Å². The molecule has 180 valence electrons. The summed E-state index contributed by atoms with van der Waals surface area (Å²) in [6, 6.07) is 9.26. The molecular weight excluding hydrogens is 462 g/mol. The second kappa shape index (κ2) is 13.2. The van der Waals surface area contributed by atoms with Gasteiger partial charge in [-0.15, -0.1) is 0 Å². The number of thioether (sulfide) groups is 1. The smallest absolute Gasteiger partial charge is 0.330 e. The van der Waals surface area contributed by atoms with Crippen molar-refractivity contribution in [1.29, 1.82) is 0 Å². The van der Waals surface area contributed by atoms with Crippen molar-refractivity contribution in [1.82, 2.24) is 14.5 Å². The van der Waals surface area contributed by atoms with Gasteiger partial charge in [-0.25, -0.2) is 4.79 Å². The number of carbonyl (C=O) groups excluding carboxylic acids is 1. The Bertz CT molecular complexity index is 1050. The average Bonchev–Trinajstić information content (AvgIpc) is 2.80. The van der Waals surface area contributed by atoms with Crippen molar-refractivity contribution >= 4 is 45.7 Å². The molecule has 1 aromatic heterocycles. The molecule has 0 bridgehead atoms. The second-order valence-corrected chi connectivity index (χ2v) is 8.79. The first kappa shape index (κ1) is 26.6. The van der Waals surface area contributed by atoms with Crippen molar-refractivity contribution in [3.63, 3.8) is 0 Å². The molecule has 2 aromatic rings. The van der Waals surface area contributed by atoms with Gasteiger partial charge in [0.1, 0.15) is 10.1 Å². The zero-order valence-corrected chi connectivity index (χ0v) is 20.8. The number of thiocarbonyl (C=S) groups is 1. The lowest BCUT2D eigenvalue weighted by molar-refractivity contribution is -0.116. The quantitative estimate of drug-likeness (QED) is 0.360. The van der Waals surface area contributed by atoms with E-state index in [-0.39, 0.29) is 36.3 Å². The molecule has 2 rings (SSSR count). The average molecular weight is 494 g/mol. The van der Waals surface area contributed by atoms with Crippen LogP contribution in [0.15, 0.2) is 39.9 Å². The number of carbonyl (C=O) groups is 1. The minimum absolute atomic E-state index is 0.0407. The summed E-state index contributed by atoms with van der Waals surface area (Å²) in [5.41, 5.74) is 5.76. The van der Waals surface area contributed by atoms with Crippen LogP contribution in [-0.2, 0) is 16.1 Å². The van der Waals surface area contributed by atoms with Crippen molar-refractivity contribution in [3.05, 3.63) is 56.7 Å². The number of aromatic nitrogens is 2. The largest absolute Gasteiger partial charge is 0.385 e. The van der Waals surface area contributed by atoms with Crippen molar-refractivity contribution in [3.8, 4) is 0 Å². The topological polar surface area (TPSA) is 114 Å². The predicted molar refractivity (Wildman–Crippen MR) is 138 cm³/mol. The van der Waals surface area contributed by atoms with Gasteiger partial charge in [0.2, 0.25) is 5.91 Å². The monoisotopic (exact) mass is 493 g/mol. The Balaban J connectivity index is 2.38. The zero-order chi connectivity index (χ0) is 24.4. The third-order valence-electron chi connectivity index (χ3n) is 5.04. The molecule has 3 N–H and O–H groups in total. The van der Waals surface area contributed by atoms with E-state index in [0.717, 1.165) is 18.7 Å². The summed E-state index contributed by atoms with van der Waals surface area (Å²) < 4.78 is 6.98. The summed E-state index contributed by atoms with van der Waals surface area (Å²) in [6.45, 7) is 6.24. The van der Waals surface area contributed by atoms with Crippen molar-refractivity contribution < 1.29 is 9.53 Å². The Morgan fingerprint density at radius 2 is 1.88 bits per heavy atom. The van der Waals surface area contributed by atoms with E-state index in [1.54, 1.807) is 7.11 Å². The highest BCUT2D eigenvalue weighted by Crippen LogP contribution is 2.20.